The SMILES string of the molecule is CNC(=O)C(C)(CCCCCO)C(=O)O. The molecule has 0 bridgehead atoms. The zero-order chi connectivity index (χ0) is 11.9. The van der Waals surface area contributed by atoms with Gasteiger partial charge in [-0.05, 0) is 19.8 Å². The number of carbonyl (C=O) groups excluding carboxylic acids is 1. The highest BCUT2D eigenvalue weighted by molar-refractivity contribution is 6.01. The van der Waals surface area contributed by atoms with Gasteiger partial charge in [0, 0.05) is 13.7 Å². The molecular formula is C10H19NO4. The Morgan fingerprint density at radius 2 is 1.87 bits per heavy atom. The molecule has 0 radical (unpaired) electrons. The first-order valence-corrected chi connectivity index (χ1v) is 5.05. The van der Waals surface area contributed by atoms with E-state index in [2.05, 4.69) is 5.32 Å². The van der Waals surface area contributed by atoms with Crippen LogP contribution in [0.1, 0.15) is 32.6 Å². The number of hydrogen-bond acceptors (Lipinski definition) is 3. The van der Waals surface area contributed by atoms with Gasteiger partial charge in [-0.25, -0.2) is 0 Å². The minimum Gasteiger partial charge on any atom is -0.480 e. The maximum absolute atomic E-state index is 11.4. The molecule has 0 aliphatic heterocycles. The van der Waals surface area contributed by atoms with Crippen LogP contribution < -0.4 is 5.32 Å². The van der Waals surface area contributed by atoms with E-state index in [9.17, 15) is 9.59 Å². The number of unbranched alkanes of at least 4 members (excludes halogenated alkanes) is 2. The molecule has 3 N–H and O–H groups in total. The third kappa shape index (κ3) is 3.87. The Morgan fingerprint density at radius 3 is 2.27 bits per heavy atom. The molecule has 0 rings (SSSR count). The van der Waals surface area contributed by atoms with Gasteiger partial charge in [-0.3, -0.25) is 9.59 Å². The van der Waals surface area contributed by atoms with E-state index in [1.54, 1.807) is 0 Å². The molecule has 88 valence electrons. The molecule has 1 amide bonds. The van der Waals surface area contributed by atoms with E-state index >= 15 is 0 Å². The summed E-state index contributed by atoms with van der Waals surface area (Å²) >= 11 is 0. The van der Waals surface area contributed by atoms with Crippen molar-refractivity contribution in [1.82, 2.24) is 5.32 Å². The monoisotopic (exact) mass is 217 g/mol. The van der Waals surface area contributed by atoms with Crippen LogP contribution in [0, 0.1) is 5.41 Å². The van der Waals surface area contributed by atoms with Crippen LogP contribution in [-0.2, 0) is 9.59 Å². The molecule has 0 aliphatic rings. The lowest BCUT2D eigenvalue weighted by Crippen LogP contribution is -2.43. The van der Waals surface area contributed by atoms with Gasteiger partial charge < -0.3 is 15.5 Å². The maximum atomic E-state index is 11.4. The number of nitrogens with one attached hydrogen (secondary N) is 1. The summed E-state index contributed by atoms with van der Waals surface area (Å²) in [6, 6.07) is 0. The van der Waals surface area contributed by atoms with Crippen LogP contribution in [0.15, 0.2) is 0 Å². The molecule has 5 nitrogen and oxygen atoms in total. The number of carboxylic acids is 1. The summed E-state index contributed by atoms with van der Waals surface area (Å²) in [5.74, 6) is -1.58. The fourth-order valence-electron chi connectivity index (χ4n) is 1.36. The first-order chi connectivity index (χ1) is 6.99. The molecule has 15 heavy (non-hydrogen) atoms. The highest BCUT2D eigenvalue weighted by Gasteiger charge is 2.39. The molecule has 0 aromatic rings. The molecule has 0 saturated heterocycles. The quantitative estimate of drug-likeness (QED) is 0.425. The van der Waals surface area contributed by atoms with Gasteiger partial charge in [-0.1, -0.05) is 12.8 Å². The fourth-order valence-corrected chi connectivity index (χ4v) is 1.36. The molecule has 0 fully saturated rings. The standard InChI is InChI=1S/C10H19NO4/c1-10(9(14)15,8(13)11-2)6-4-3-5-7-12/h12H,3-7H2,1-2H3,(H,11,13)(H,14,15). The van der Waals surface area contributed by atoms with E-state index in [0.29, 0.717) is 19.3 Å². The number of carboxylic acid groups (broad SMARTS) is 1. The topological polar surface area (TPSA) is 86.6 Å². The van der Waals surface area contributed by atoms with Gasteiger partial charge in [-0.15, -0.1) is 0 Å². The van der Waals surface area contributed by atoms with Crippen molar-refractivity contribution in [2.75, 3.05) is 13.7 Å². The minimum atomic E-state index is -1.36. The van der Waals surface area contributed by atoms with Crippen LogP contribution in [0.2, 0.25) is 0 Å². The average molecular weight is 217 g/mol. The molecule has 1 atom stereocenters. The van der Waals surface area contributed by atoms with Crippen molar-refractivity contribution in [2.45, 2.75) is 32.6 Å². The van der Waals surface area contributed by atoms with Crippen molar-refractivity contribution in [3.05, 3.63) is 0 Å². The summed E-state index contributed by atoms with van der Waals surface area (Å²) in [4.78, 5) is 22.4. The Balaban J connectivity index is 4.27. The van der Waals surface area contributed by atoms with Gasteiger partial charge in [-0.2, -0.15) is 0 Å². The van der Waals surface area contributed by atoms with Crippen molar-refractivity contribution in [2.24, 2.45) is 5.41 Å². The highest BCUT2D eigenvalue weighted by Crippen LogP contribution is 2.25. The Morgan fingerprint density at radius 1 is 1.27 bits per heavy atom. The molecule has 0 aromatic heterocycles. The first-order valence-electron chi connectivity index (χ1n) is 5.05. The van der Waals surface area contributed by atoms with E-state index in [1.807, 2.05) is 0 Å². The van der Waals surface area contributed by atoms with Crippen molar-refractivity contribution in [3.8, 4) is 0 Å². The number of carbonyl (C=O) groups is 2. The smallest absolute Gasteiger partial charge is 0.318 e. The molecule has 5 heteroatoms. The number of rotatable bonds is 7. The number of hydrogen-bond donors (Lipinski definition) is 3. The minimum absolute atomic E-state index is 0.101. The predicted octanol–water partition coefficient (Wildman–Crippen LogP) is 0.376. The van der Waals surface area contributed by atoms with E-state index in [1.165, 1.54) is 14.0 Å². The van der Waals surface area contributed by atoms with Crippen molar-refractivity contribution in [1.29, 1.82) is 0 Å². The van der Waals surface area contributed by atoms with Gasteiger partial charge in [0.2, 0.25) is 5.91 Å². The van der Waals surface area contributed by atoms with Gasteiger partial charge in [0.05, 0.1) is 0 Å². The Labute approximate surface area is 89.5 Å². The molecular weight excluding hydrogens is 198 g/mol. The zero-order valence-corrected chi connectivity index (χ0v) is 9.25. The van der Waals surface area contributed by atoms with Crippen LogP contribution in [-0.4, -0.2) is 35.7 Å². The van der Waals surface area contributed by atoms with Crippen LogP contribution in [0.4, 0.5) is 0 Å². The molecule has 0 spiro atoms. The molecule has 0 saturated carbocycles. The predicted molar refractivity (Wildman–Crippen MR) is 55.4 cm³/mol. The van der Waals surface area contributed by atoms with Crippen LogP contribution in [0.25, 0.3) is 0 Å². The Hall–Kier alpha value is -1.10. The first kappa shape index (κ1) is 13.9. The zero-order valence-electron chi connectivity index (χ0n) is 9.25. The van der Waals surface area contributed by atoms with E-state index in [4.69, 9.17) is 10.2 Å². The largest absolute Gasteiger partial charge is 0.480 e. The van der Waals surface area contributed by atoms with E-state index in [0.717, 1.165) is 6.42 Å². The lowest BCUT2D eigenvalue weighted by molar-refractivity contribution is -0.155. The third-order valence-electron chi connectivity index (χ3n) is 2.54. The maximum Gasteiger partial charge on any atom is 0.318 e. The van der Waals surface area contributed by atoms with Crippen LogP contribution in [0.3, 0.4) is 0 Å². The van der Waals surface area contributed by atoms with E-state index < -0.39 is 17.3 Å². The number of aliphatic hydroxyl groups excluding tert-OH is 1. The fraction of sp³-hybridized carbons (Fsp3) is 0.800. The molecule has 0 heterocycles. The van der Waals surface area contributed by atoms with Gasteiger partial charge in [0.1, 0.15) is 5.41 Å². The molecule has 0 aliphatic carbocycles. The van der Waals surface area contributed by atoms with Gasteiger partial charge >= 0.3 is 5.97 Å². The van der Waals surface area contributed by atoms with Gasteiger partial charge in [0.25, 0.3) is 0 Å². The molecule has 0 aromatic carbocycles. The Kier molecular flexibility index (Phi) is 5.93. The second-order valence-corrected chi connectivity index (χ2v) is 3.75. The number of amides is 1. The van der Waals surface area contributed by atoms with Crippen LogP contribution in [0.5, 0.6) is 0 Å². The van der Waals surface area contributed by atoms with Crippen molar-refractivity contribution < 1.29 is 19.8 Å². The second-order valence-electron chi connectivity index (χ2n) is 3.75. The average Bonchev–Trinajstić information content (AvgIpc) is 2.22. The summed E-state index contributed by atoms with van der Waals surface area (Å²) in [6.07, 6.45) is 2.29. The molecule has 1 unspecified atom stereocenters. The summed E-state index contributed by atoms with van der Waals surface area (Å²) < 4.78 is 0. The summed E-state index contributed by atoms with van der Waals surface area (Å²) in [7, 11) is 1.43. The van der Waals surface area contributed by atoms with Gasteiger partial charge in [0.15, 0.2) is 0 Å². The normalized spacial score (nSPS) is 14.3. The highest BCUT2D eigenvalue weighted by atomic mass is 16.4. The van der Waals surface area contributed by atoms with Crippen molar-refractivity contribution in [3.63, 3.8) is 0 Å². The summed E-state index contributed by atoms with van der Waals surface area (Å²) in [5, 5.41) is 19.9. The summed E-state index contributed by atoms with van der Waals surface area (Å²) in [6.45, 7) is 1.52. The number of aliphatic carboxylic acids is 1. The Bertz CT molecular complexity index is 229. The summed E-state index contributed by atoms with van der Waals surface area (Å²) in [5.41, 5.74) is -1.36. The number of aliphatic hydroxyl groups is 1. The lowest BCUT2D eigenvalue weighted by Gasteiger charge is -2.22. The van der Waals surface area contributed by atoms with Crippen molar-refractivity contribution >= 4 is 11.9 Å². The second kappa shape index (κ2) is 6.40. The van der Waals surface area contributed by atoms with Crippen LogP contribution >= 0.6 is 0 Å². The lowest BCUT2D eigenvalue weighted by atomic mass is 9.84. The third-order valence-corrected chi connectivity index (χ3v) is 2.54. The van der Waals surface area contributed by atoms with E-state index in [-0.39, 0.29) is 6.61 Å².